The summed E-state index contributed by atoms with van der Waals surface area (Å²) < 4.78 is 7.39. The number of carbonyl (C=O) groups is 1. The van der Waals surface area contributed by atoms with E-state index in [0.717, 1.165) is 72.1 Å². The SMILES string of the molecule is Cc1noc(C)c1-c1ccc2c(C(=O)N[C@@H]3CCCC(CCC#N)C3)nn(CC3CC3)c2c1. The van der Waals surface area contributed by atoms with Crippen molar-refractivity contribution in [3.63, 3.8) is 0 Å². The molecular formula is C26H31N5O2. The largest absolute Gasteiger partial charge is 0.361 e. The van der Waals surface area contributed by atoms with Crippen molar-refractivity contribution in [2.75, 3.05) is 0 Å². The van der Waals surface area contributed by atoms with Gasteiger partial charge in [-0.05, 0) is 75.5 Å². The van der Waals surface area contributed by atoms with Gasteiger partial charge >= 0.3 is 0 Å². The van der Waals surface area contributed by atoms with Gasteiger partial charge in [0.15, 0.2) is 5.69 Å². The quantitative estimate of drug-likeness (QED) is 0.531. The number of aromatic nitrogens is 3. The van der Waals surface area contributed by atoms with Crippen LogP contribution in [0.5, 0.6) is 0 Å². The van der Waals surface area contributed by atoms with Crippen LogP contribution < -0.4 is 5.32 Å². The van der Waals surface area contributed by atoms with Gasteiger partial charge in [0.05, 0.1) is 17.3 Å². The summed E-state index contributed by atoms with van der Waals surface area (Å²) in [6.07, 6.45) is 8.14. The minimum atomic E-state index is -0.0921. The lowest BCUT2D eigenvalue weighted by Gasteiger charge is -2.29. The smallest absolute Gasteiger partial charge is 0.272 e. The van der Waals surface area contributed by atoms with Crippen LogP contribution in [0.1, 0.15) is 73.3 Å². The fraction of sp³-hybridized carbons (Fsp3) is 0.538. The third-order valence-corrected chi connectivity index (χ3v) is 7.20. The van der Waals surface area contributed by atoms with E-state index in [-0.39, 0.29) is 11.9 Å². The zero-order chi connectivity index (χ0) is 22.9. The molecule has 3 aromatic rings. The lowest BCUT2D eigenvalue weighted by molar-refractivity contribution is 0.0914. The van der Waals surface area contributed by atoms with Crippen LogP contribution in [0.4, 0.5) is 0 Å². The molecule has 0 saturated heterocycles. The number of nitriles is 1. The van der Waals surface area contributed by atoms with Crippen molar-refractivity contribution in [3.8, 4) is 17.2 Å². The van der Waals surface area contributed by atoms with Crippen molar-refractivity contribution in [2.45, 2.75) is 77.8 Å². The number of aryl methyl sites for hydroxylation is 2. The third kappa shape index (κ3) is 4.52. The molecule has 2 heterocycles. The number of fused-ring (bicyclic) bond motifs is 1. The molecule has 0 bridgehead atoms. The van der Waals surface area contributed by atoms with E-state index in [4.69, 9.17) is 14.9 Å². The second kappa shape index (κ2) is 9.01. The van der Waals surface area contributed by atoms with Crippen molar-refractivity contribution in [1.29, 1.82) is 5.26 Å². The molecule has 0 aliphatic heterocycles. The molecule has 1 amide bonds. The van der Waals surface area contributed by atoms with Gasteiger partial charge in [0.25, 0.3) is 5.91 Å². The summed E-state index contributed by atoms with van der Waals surface area (Å²) in [5.74, 6) is 1.86. The predicted molar refractivity (Wildman–Crippen MR) is 125 cm³/mol. The van der Waals surface area contributed by atoms with Crippen LogP contribution >= 0.6 is 0 Å². The Kier molecular flexibility index (Phi) is 5.92. The minimum Gasteiger partial charge on any atom is -0.361 e. The molecule has 33 heavy (non-hydrogen) atoms. The highest BCUT2D eigenvalue weighted by Crippen LogP contribution is 2.35. The van der Waals surface area contributed by atoms with Gasteiger partial charge in [0.2, 0.25) is 0 Å². The topological polar surface area (TPSA) is 96.7 Å². The molecule has 172 valence electrons. The van der Waals surface area contributed by atoms with Crippen LogP contribution in [0.25, 0.3) is 22.0 Å². The highest BCUT2D eigenvalue weighted by Gasteiger charge is 2.28. The number of benzene rings is 1. The summed E-state index contributed by atoms with van der Waals surface area (Å²) in [6, 6.07) is 8.57. The second-order valence-corrected chi connectivity index (χ2v) is 9.80. The number of nitrogens with one attached hydrogen (secondary N) is 1. The molecule has 1 unspecified atom stereocenters. The Hall–Kier alpha value is -3.14. The standard InChI is InChI=1S/C26H31N5O2/c1-16-24(17(2)33-30-16)20-10-11-22-23(14-20)31(15-19-8-9-19)29-25(22)26(32)28-21-7-3-5-18(13-21)6-4-12-27/h10-11,14,18-19,21H,3-9,13,15H2,1-2H3,(H,28,32)/t18?,21-/m1/s1. The van der Waals surface area contributed by atoms with Crippen LogP contribution in [-0.4, -0.2) is 26.9 Å². The van der Waals surface area contributed by atoms with Crippen LogP contribution in [0.15, 0.2) is 22.7 Å². The van der Waals surface area contributed by atoms with Gasteiger partial charge in [-0.25, -0.2) is 0 Å². The number of amides is 1. The molecule has 2 aliphatic rings. The van der Waals surface area contributed by atoms with E-state index in [1.165, 1.54) is 12.8 Å². The number of carbonyl (C=O) groups excluding carboxylic acids is 1. The zero-order valence-electron chi connectivity index (χ0n) is 19.4. The van der Waals surface area contributed by atoms with E-state index in [1.54, 1.807) is 0 Å². The molecule has 7 nitrogen and oxygen atoms in total. The van der Waals surface area contributed by atoms with Gasteiger partial charge in [0, 0.05) is 30.0 Å². The van der Waals surface area contributed by atoms with Crippen LogP contribution in [-0.2, 0) is 6.54 Å². The number of rotatable bonds is 7. The fourth-order valence-electron chi connectivity index (χ4n) is 5.28. The molecule has 2 fully saturated rings. The molecule has 2 aromatic heterocycles. The van der Waals surface area contributed by atoms with E-state index < -0.39 is 0 Å². The van der Waals surface area contributed by atoms with E-state index in [0.29, 0.717) is 24.0 Å². The molecule has 1 aromatic carbocycles. The summed E-state index contributed by atoms with van der Waals surface area (Å²) in [4.78, 5) is 13.3. The number of hydrogen-bond acceptors (Lipinski definition) is 5. The van der Waals surface area contributed by atoms with Crippen molar-refractivity contribution < 1.29 is 9.32 Å². The average molecular weight is 446 g/mol. The summed E-state index contributed by atoms with van der Waals surface area (Å²) in [5, 5.41) is 21.9. The normalized spacial score (nSPS) is 20.6. The van der Waals surface area contributed by atoms with Crippen LogP contribution in [0.3, 0.4) is 0 Å². The minimum absolute atomic E-state index is 0.0921. The van der Waals surface area contributed by atoms with Crippen molar-refractivity contribution in [1.82, 2.24) is 20.3 Å². The Morgan fingerprint density at radius 3 is 2.82 bits per heavy atom. The highest BCUT2D eigenvalue weighted by molar-refractivity contribution is 6.05. The van der Waals surface area contributed by atoms with Crippen molar-refractivity contribution >= 4 is 16.8 Å². The number of nitrogens with zero attached hydrogens (tertiary/aromatic N) is 4. The Balaban J connectivity index is 1.43. The molecule has 7 heteroatoms. The maximum absolute atomic E-state index is 13.3. The van der Waals surface area contributed by atoms with Gasteiger partial charge in [-0.3, -0.25) is 9.48 Å². The van der Waals surface area contributed by atoms with Gasteiger partial charge in [-0.15, -0.1) is 0 Å². The van der Waals surface area contributed by atoms with Gasteiger partial charge in [-0.2, -0.15) is 10.4 Å². The van der Waals surface area contributed by atoms with E-state index in [9.17, 15) is 4.79 Å². The lowest BCUT2D eigenvalue weighted by atomic mass is 9.83. The summed E-state index contributed by atoms with van der Waals surface area (Å²) in [5.41, 5.74) is 4.40. The molecule has 2 aliphatic carbocycles. The van der Waals surface area contributed by atoms with E-state index in [2.05, 4.69) is 22.6 Å². The van der Waals surface area contributed by atoms with Crippen molar-refractivity contribution in [3.05, 3.63) is 35.3 Å². The molecule has 0 radical (unpaired) electrons. The van der Waals surface area contributed by atoms with Gasteiger partial charge in [-0.1, -0.05) is 24.1 Å². The lowest BCUT2D eigenvalue weighted by Crippen LogP contribution is -2.38. The first-order valence-electron chi connectivity index (χ1n) is 12.1. The Bertz CT molecular complexity index is 1190. The highest BCUT2D eigenvalue weighted by atomic mass is 16.5. The van der Waals surface area contributed by atoms with Gasteiger partial charge in [0.1, 0.15) is 5.76 Å². The molecule has 0 spiro atoms. The first kappa shape index (κ1) is 21.7. The van der Waals surface area contributed by atoms with Gasteiger partial charge < -0.3 is 9.84 Å². The Morgan fingerprint density at radius 1 is 1.24 bits per heavy atom. The number of hydrogen-bond donors (Lipinski definition) is 1. The van der Waals surface area contributed by atoms with Crippen molar-refractivity contribution in [2.24, 2.45) is 11.8 Å². The molecule has 2 atom stereocenters. The monoisotopic (exact) mass is 445 g/mol. The Labute approximate surface area is 194 Å². The average Bonchev–Trinajstić information content (AvgIpc) is 3.47. The summed E-state index contributed by atoms with van der Waals surface area (Å²) in [6.45, 7) is 4.72. The van der Waals surface area contributed by atoms with Crippen LogP contribution in [0.2, 0.25) is 0 Å². The third-order valence-electron chi connectivity index (χ3n) is 7.20. The first-order chi connectivity index (χ1) is 16.0. The molecule has 2 saturated carbocycles. The van der Waals surface area contributed by atoms with E-state index in [1.807, 2.05) is 30.7 Å². The maximum atomic E-state index is 13.3. The molecule has 5 rings (SSSR count). The zero-order valence-corrected chi connectivity index (χ0v) is 19.4. The Morgan fingerprint density at radius 2 is 2.09 bits per heavy atom. The van der Waals surface area contributed by atoms with Crippen LogP contribution in [0, 0.1) is 37.0 Å². The molecule has 1 N–H and O–H groups in total. The second-order valence-electron chi connectivity index (χ2n) is 9.80. The molecular weight excluding hydrogens is 414 g/mol. The summed E-state index contributed by atoms with van der Waals surface area (Å²) in [7, 11) is 0. The first-order valence-corrected chi connectivity index (χ1v) is 12.1. The maximum Gasteiger partial charge on any atom is 0.272 e. The van der Waals surface area contributed by atoms with E-state index >= 15 is 0 Å². The summed E-state index contributed by atoms with van der Waals surface area (Å²) >= 11 is 0. The fourth-order valence-corrected chi connectivity index (χ4v) is 5.28. The predicted octanol–water partition coefficient (Wildman–Crippen LogP) is 5.31.